The van der Waals surface area contributed by atoms with E-state index < -0.39 is 0 Å². The highest BCUT2D eigenvalue weighted by Gasteiger charge is 2.54. The summed E-state index contributed by atoms with van der Waals surface area (Å²) in [6, 6.07) is 0. The van der Waals surface area contributed by atoms with E-state index in [0.717, 1.165) is 32.5 Å². The molecule has 5 heteroatoms. The quantitative estimate of drug-likeness (QED) is 0.761. The largest absolute Gasteiger partial charge is 0.384 e. The molecular weight excluding hydrogens is 258 g/mol. The maximum atomic E-state index is 12.1. The smallest absolute Gasteiger partial charge is 0.248 e. The number of methoxy groups -OCH3 is 1. The second-order valence-electron chi connectivity index (χ2n) is 6.32. The van der Waals surface area contributed by atoms with Crippen molar-refractivity contribution in [2.75, 3.05) is 40.0 Å². The number of ether oxygens (including phenoxy) is 3. The molecule has 114 valence electrons. The molecule has 3 aliphatic rings. The molecule has 3 fully saturated rings. The first kappa shape index (κ1) is 14.3. The molecule has 2 saturated heterocycles. The van der Waals surface area contributed by atoms with E-state index in [9.17, 15) is 4.79 Å². The molecule has 1 amide bonds. The van der Waals surface area contributed by atoms with Gasteiger partial charge in [0.1, 0.15) is 12.2 Å². The van der Waals surface area contributed by atoms with Gasteiger partial charge in [-0.1, -0.05) is 12.8 Å². The molecule has 1 atom stereocenters. The Labute approximate surface area is 120 Å². The molecule has 0 aromatic carbocycles. The maximum absolute atomic E-state index is 12.1. The maximum Gasteiger partial charge on any atom is 0.248 e. The van der Waals surface area contributed by atoms with Crippen LogP contribution in [0.15, 0.2) is 0 Å². The van der Waals surface area contributed by atoms with Crippen LogP contribution in [-0.4, -0.2) is 62.5 Å². The van der Waals surface area contributed by atoms with E-state index in [-0.39, 0.29) is 18.1 Å². The van der Waals surface area contributed by atoms with Crippen LogP contribution in [0.3, 0.4) is 0 Å². The second kappa shape index (κ2) is 6.00. The van der Waals surface area contributed by atoms with Gasteiger partial charge in [-0.2, -0.15) is 0 Å². The summed E-state index contributed by atoms with van der Waals surface area (Å²) < 4.78 is 16.8. The molecule has 0 bridgehead atoms. The molecule has 2 heterocycles. The van der Waals surface area contributed by atoms with Gasteiger partial charge in [-0.05, 0) is 19.3 Å². The minimum absolute atomic E-state index is 0.106. The van der Waals surface area contributed by atoms with Gasteiger partial charge in [-0.15, -0.1) is 0 Å². The normalized spacial score (nSPS) is 29.1. The van der Waals surface area contributed by atoms with Gasteiger partial charge in [0.2, 0.25) is 5.91 Å². The van der Waals surface area contributed by atoms with Crippen molar-refractivity contribution >= 4 is 5.91 Å². The van der Waals surface area contributed by atoms with Crippen molar-refractivity contribution in [2.24, 2.45) is 5.92 Å². The molecule has 0 radical (unpaired) electrons. The van der Waals surface area contributed by atoms with Crippen LogP contribution in [0.1, 0.15) is 32.1 Å². The molecule has 5 nitrogen and oxygen atoms in total. The van der Waals surface area contributed by atoms with E-state index in [1.54, 1.807) is 7.11 Å². The van der Waals surface area contributed by atoms with Gasteiger partial charge in [-0.3, -0.25) is 4.79 Å². The zero-order valence-corrected chi connectivity index (χ0v) is 12.3. The number of amides is 1. The summed E-state index contributed by atoms with van der Waals surface area (Å²) >= 11 is 0. The highest BCUT2D eigenvalue weighted by molar-refractivity contribution is 5.78. The molecule has 1 saturated carbocycles. The Morgan fingerprint density at radius 2 is 2.05 bits per heavy atom. The van der Waals surface area contributed by atoms with E-state index in [2.05, 4.69) is 0 Å². The van der Waals surface area contributed by atoms with Crippen LogP contribution < -0.4 is 0 Å². The molecule has 0 aromatic heterocycles. The monoisotopic (exact) mass is 283 g/mol. The van der Waals surface area contributed by atoms with Gasteiger partial charge in [0, 0.05) is 19.6 Å². The van der Waals surface area contributed by atoms with Crippen LogP contribution in [0.5, 0.6) is 0 Å². The van der Waals surface area contributed by atoms with Crippen LogP contribution >= 0.6 is 0 Å². The predicted octanol–water partition coefficient (Wildman–Crippen LogP) is 1.21. The molecule has 3 rings (SSSR count). The van der Waals surface area contributed by atoms with Gasteiger partial charge in [0.25, 0.3) is 0 Å². The molecule has 0 N–H and O–H groups in total. The summed E-state index contributed by atoms with van der Waals surface area (Å²) in [5.74, 6) is 0.529. The first-order valence-electron chi connectivity index (χ1n) is 7.76. The number of rotatable bonds is 5. The molecule has 2 aliphatic heterocycles. The van der Waals surface area contributed by atoms with Crippen LogP contribution in [0, 0.1) is 5.92 Å². The van der Waals surface area contributed by atoms with E-state index >= 15 is 0 Å². The lowest BCUT2D eigenvalue weighted by Crippen LogP contribution is -2.67. The molecule has 0 aromatic rings. The number of likely N-dealkylation sites (tertiary alicyclic amines) is 1. The lowest BCUT2D eigenvalue weighted by molar-refractivity contribution is -0.173. The third kappa shape index (κ3) is 2.71. The lowest BCUT2D eigenvalue weighted by atomic mass is 9.81. The summed E-state index contributed by atoms with van der Waals surface area (Å²) in [4.78, 5) is 14.0. The average molecular weight is 283 g/mol. The van der Waals surface area contributed by atoms with Gasteiger partial charge in [-0.25, -0.2) is 0 Å². The van der Waals surface area contributed by atoms with Gasteiger partial charge in [0.15, 0.2) is 0 Å². The fourth-order valence-corrected chi connectivity index (χ4v) is 3.68. The minimum Gasteiger partial charge on any atom is -0.384 e. The molecular formula is C15H25NO4. The molecule has 1 aliphatic carbocycles. The number of nitrogens with zero attached hydrogens (tertiary/aromatic N) is 1. The van der Waals surface area contributed by atoms with E-state index in [0.29, 0.717) is 25.1 Å². The molecule has 0 unspecified atom stereocenters. The Morgan fingerprint density at radius 3 is 2.75 bits per heavy atom. The van der Waals surface area contributed by atoms with Gasteiger partial charge < -0.3 is 19.1 Å². The van der Waals surface area contributed by atoms with Crippen molar-refractivity contribution in [3.8, 4) is 0 Å². The van der Waals surface area contributed by atoms with Crippen LogP contribution in [0.25, 0.3) is 0 Å². The highest BCUT2D eigenvalue weighted by Crippen LogP contribution is 2.40. The first-order chi connectivity index (χ1) is 9.73. The minimum atomic E-state index is -0.140. The summed E-state index contributed by atoms with van der Waals surface area (Å²) in [6.07, 6.45) is 6.02. The topological polar surface area (TPSA) is 48.0 Å². The Bertz CT molecular complexity index is 348. The van der Waals surface area contributed by atoms with Crippen LogP contribution in [0.4, 0.5) is 0 Å². The van der Waals surface area contributed by atoms with E-state index in [4.69, 9.17) is 14.2 Å². The third-order valence-corrected chi connectivity index (χ3v) is 4.98. The third-order valence-electron chi connectivity index (χ3n) is 4.98. The number of hydrogen-bond acceptors (Lipinski definition) is 4. The van der Waals surface area contributed by atoms with Crippen molar-refractivity contribution in [1.29, 1.82) is 0 Å². The average Bonchev–Trinajstić information content (AvgIpc) is 3.03. The summed E-state index contributed by atoms with van der Waals surface area (Å²) in [5, 5.41) is 0. The zero-order valence-electron chi connectivity index (χ0n) is 12.3. The Balaban J connectivity index is 1.43. The van der Waals surface area contributed by atoms with Gasteiger partial charge >= 0.3 is 0 Å². The van der Waals surface area contributed by atoms with Crippen molar-refractivity contribution in [2.45, 2.75) is 43.8 Å². The lowest BCUT2D eigenvalue weighted by Gasteiger charge is -2.50. The van der Waals surface area contributed by atoms with Gasteiger partial charge in [0.05, 0.1) is 25.8 Å². The summed E-state index contributed by atoms with van der Waals surface area (Å²) in [6.45, 7) is 3.15. The summed E-state index contributed by atoms with van der Waals surface area (Å²) in [7, 11) is 1.73. The fraction of sp³-hybridized carbons (Fsp3) is 0.933. The summed E-state index contributed by atoms with van der Waals surface area (Å²) in [5.41, 5.74) is -0.140. The Kier molecular flexibility index (Phi) is 4.29. The molecule has 20 heavy (non-hydrogen) atoms. The van der Waals surface area contributed by atoms with E-state index in [1.165, 1.54) is 12.8 Å². The standard InChI is InChI=1S/C15H25NO4/c1-18-8-12-6-7-20-15(12)10-16(11-15)14(17)9-19-13-4-2-3-5-13/h12-13H,2-11H2,1H3/t12-/m0/s1. The predicted molar refractivity (Wildman–Crippen MR) is 73.5 cm³/mol. The van der Waals surface area contributed by atoms with E-state index in [1.807, 2.05) is 4.90 Å². The number of carbonyl (C=O) groups is 1. The highest BCUT2D eigenvalue weighted by atomic mass is 16.5. The number of hydrogen-bond donors (Lipinski definition) is 0. The first-order valence-corrected chi connectivity index (χ1v) is 7.76. The zero-order chi connectivity index (χ0) is 14.0. The fourth-order valence-electron chi connectivity index (χ4n) is 3.68. The number of carbonyl (C=O) groups excluding carboxylic acids is 1. The van der Waals surface area contributed by atoms with Crippen molar-refractivity contribution < 1.29 is 19.0 Å². The van der Waals surface area contributed by atoms with Crippen LogP contribution in [0.2, 0.25) is 0 Å². The van der Waals surface area contributed by atoms with Crippen molar-refractivity contribution in [1.82, 2.24) is 4.90 Å². The molecule has 1 spiro atoms. The Hall–Kier alpha value is -0.650. The van der Waals surface area contributed by atoms with Crippen LogP contribution in [-0.2, 0) is 19.0 Å². The Morgan fingerprint density at radius 1 is 1.30 bits per heavy atom. The second-order valence-corrected chi connectivity index (χ2v) is 6.32. The van der Waals surface area contributed by atoms with Crippen molar-refractivity contribution in [3.63, 3.8) is 0 Å². The SMILES string of the molecule is COC[C@@H]1CCOC12CN(C(=O)COC1CCCC1)C2. The van der Waals surface area contributed by atoms with Crippen molar-refractivity contribution in [3.05, 3.63) is 0 Å².